The first kappa shape index (κ1) is 13.0. The van der Waals surface area contributed by atoms with Gasteiger partial charge in [-0.1, -0.05) is 22.0 Å². The number of nitrogens with one attached hydrogen (secondary N) is 2. The van der Waals surface area contributed by atoms with Crippen molar-refractivity contribution in [3.8, 4) is 0 Å². The molecule has 16 heavy (non-hydrogen) atoms. The van der Waals surface area contributed by atoms with Gasteiger partial charge < -0.3 is 20.8 Å². The molecule has 6 heteroatoms. The van der Waals surface area contributed by atoms with Crippen molar-refractivity contribution in [1.82, 2.24) is 5.32 Å². The molecule has 4 N–H and O–H groups in total. The number of carbonyl (C=O) groups excluding carboxylic acids is 1. The van der Waals surface area contributed by atoms with E-state index in [-0.39, 0.29) is 13.2 Å². The number of urea groups is 1. The molecule has 0 aliphatic heterocycles. The van der Waals surface area contributed by atoms with Crippen LogP contribution in [0, 0.1) is 0 Å². The third-order valence-electron chi connectivity index (χ3n) is 1.79. The quantitative estimate of drug-likeness (QED) is 0.665. The lowest BCUT2D eigenvalue weighted by Gasteiger charge is -2.10. The number of carbonyl (C=O) groups is 1. The molecule has 0 spiro atoms. The minimum absolute atomic E-state index is 0.0103. The van der Waals surface area contributed by atoms with E-state index >= 15 is 0 Å². The van der Waals surface area contributed by atoms with E-state index in [2.05, 4.69) is 26.6 Å². The number of halogens is 1. The summed E-state index contributed by atoms with van der Waals surface area (Å²) in [5.41, 5.74) is 0.644. The maximum Gasteiger partial charge on any atom is 0.319 e. The minimum atomic E-state index is -0.937. The molecule has 0 aliphatic rings. The molecule has 88 valence electrons. The van der Waals surface area contributed by atoms with E-state index in [1.807, 2.05) is 6.07 Å². The molecule has 0 radical (unpaired) electrons. The smallest absolute Gasteiger partial charge is 0.319 e. The van der Waals surface area contributed by atoms with E-state index < -0.39 is 12.1 Å². The fourth-order valence-electron chi connectivity index (χ4n) is 1.02. The predicted octanol–water partition coefficient (Wildman–Crippen LogP) is 0.924. The van der Waals surface area contributed by atoms with Gasteiger partial charge in [0.15, 0.2) is 0 Å². The predicted molar refractivity (Wildman–Crippen MR) is 64.3 cm³/mol. The first-order chi connectivity index (χ1) is 7.61. The summed E-state index contributed by atoms with van der Waals surface area (Å²) in [4.78, 5) is 11.3. The highest BCUT2D eigenvalue weighted by atomic mass is 79.9. The average molecular weight is 289 g/mol. The van der Waals surface area contributed by atoms with E-state index in [1.165, 1.54) is 0 Å². The fraction of sp³-hybridized carbons (Fsp3) is 0.300. The lowest BCUT2D eigenvalue weighted by Crippen LogP contribution is -2.36. The van der Waals surface area contributed by atoms with Crippen LogP contribution in [0.5, 0.6) is 0 Å². The van der Waals surface area contributed by atoms with Crippen LogP contribution in [0.3, 0.4) is 0 Å². The third-order valence-corrected chi connectivity index (χ3v) is 2.28. The first-order valence-corrected chi connectivity index (χ1v) is 5.50. The van der Waals surface area contributed by atoms with Gasteiger partial charge in [-0.2, -0.15) is 0 Å². The highest BCUT2D eigenvalue weighted by Gasteiger charge is 2.05. The topological polar surface area (TPSA) is 81.6 Å². The van der Waals surface area contributed by atoms with Gasteiger partial charge in [0.1, 0.15) is 0 Å². The van der Waals surface area contributed by atoms with Crippen LogP contribution in [0.2, 0.25) is 0 Å². The van der Waals surface area contributed by atoms with Crippen molar-refractivity contribution in [1.29, 1.82) is 0 Å². The third kappa shape index (κ3) is 4.61. The number of aliphatic hydroxyl groups excluding tert-OH is 2. The summed E-state index contributed by atoms with van der Waals surface area (Å²) < 4.78 is 0.862. The average Bonchev–Trinajstić information content (AvgIpc) is 2.26. The normalized spacial score (nSPS) is 11.9. The van der Waals surface area contributed by atoms with Crippen molar-refractivity contribution in [3.05, 3.63) is 28.7 Å². The van der Waals surface area contributed by atoms with Gasteiger partial charge in [-0.3, -0.25) is 0 Å². The highest BCUT2D eigenvalue weighted by Crippen LogP contribution is 2.15. The zero-order valence-corrected chi connectivity index (χ0v) is 10.1. The lowest BCUT2D eigenvalue weighted by atomic mass is 10.3. The summed E-state index contributed by atoms with van der Waals surface area (Å²) in [6.45, 7) is -0.368. The Hall–Kier alpha value is -1.11. The molecule has 0 aliphatic carbocycles. The molecule has 0 aromatic heterocycles. The largest absolute Gasteiger partial charge is 0.394 e. The van der Waals surface area contributed by atoms with E-state index in [9.17, 15) is 4.79 Å². The van der Waals surface area contributed by atoms with E-state index in [0.717, 1.165) is 4.47 Å². The van der Waals surface area contributed by atoms with E-state index in [4.69, 9.17) is 10.2 Å². The first-order valence-electron chi connectivity index (χ1n) is 4.71. The van der Waals surface area contributed by atoms with Gasteiger partial charge in [0, 0.05) is 16.7 Å². The SMILES string of the molecule is O=C(NCC(O)CO)Nc1cccc(Br)c1. The Morgan fingerprint density at radius 1 is 1.50 bits per heavy atom. The summed E-state index contributed by atoms with van der Waals surface area (Å²) in [5.74, 6) is 0. The standard InChI is InChI=1S/C10H13BrN2O3/c11-7-2-1-3-8(4-7)13-10(16)12-5-9(15)6-14/h1-4,9,14-15H,5-6H2,(H2,12,13,16). The van der Waals surface area contributed by atoms with Crippen LogP contribution in [-0.2, 0) is 0 Å². The molecule has 1 aromatic carbocycles. The number of hydrogen-bond donors (Lipinski definition) is 4. The second-order valence-electron chi connectivity index (χ2n) is 3.18. The Morgan fingerprint density at radius 2 is 2.25 bits per heavy atom. The highest BCUT2D eigenvalue weighted by molar-refractivity contribution is 9.10. The van der Waals surface area contributed by atoms with Gasteiger partial charge in [-0.25, -0.2) is 4.79 Å². The van der Waals surface area contributed by atoms with Crippen LogP contribution in [0.15, 0.2) is 28.7 Å². The molecule has 0 saturated carbocycles. The maximum absolute atomic E-state index is 11.3. The zero-order chi connectivity index (χ0) is 12.0. The van der Waals surface area contributed by atoms with Gasteiger partial charge in [0.2, 0.25) is 0 Å². The van der Waals surface area contributed by atoms with Crippen molar-refractivity contribution in [2.24, 2.45) is 0 Å². The monoisotopic (exact) mass is 288 g/mol. The van der Waals surface area contributed by atoms with Crippen LogP contribution in [0.1, 0.15) is 0 Å². The Morgan fingerprint density at radius 3 is 2.88 bits per heavy atom. The van der Waals surface area contributed by atoms with Crippen molar-refractivity contribution in [2.75, 3.05) is 18.5 Å². The van der Waals surface area contributed by atoms with Gasteiger partial charge in [0.25, 0.3) is 0 Å². The van der Waals surface area contributed by atoms with Crippen molar-refractivity contribution in [2.45, 2.75) is 6.10 Å². The number of anilines is 1. The second-order valence-corrected chi connectivity index (χ2v) is 4.10. The molecule has 0 saturated heterocycles. The summed E-state index contributed by atoms with van der Waals surface area (Å²) in [6, 6.07) is 6.71. The number of rotatable bonds is 4. The summed E-state index contributed by atoms with van der Waals surface area (Å²) in [5, 5.41) is 22.6. The van der Waals surface area contributed by atoms with Crippen LogP contribution in [0.25, 0.3) is 0 Å². The van der Waals surface area contributed by atoms with Crippen molar-refractivity contribution in [3.63, 3.8) is 0 Å². The number of amides is 2. The molecule has 1 atom stereocenters. The molecule has 0 bridgehead atoms. The molecule has 5 nitrogen and oxygen atoms in total. The van der Waals surface area contributed by atoms with Gasteiger partial charge in [0.05, 0.1) is 12.7 Å². The van der Waals surface area contributed by atoms with Gasteiger partial charge in [-0.15, -0.1) is 0 Å². The van der Waals surface area contributed by atoms with Crippen molar-refractivity contribution >= 4 is 27.6 Å². The summed E-state index contributed by atoms with van der Waals surface area (Å²) >= 11 is 3.28. The Bertz CT molecular complexity index is 360. The molecule has 0 fully saturated rings. The minimum Gasteiger partial charge on any atom is -0.394 e. The van der Waals surface area contributed by atoms with E-state index in [1.54, 1.807) is 18.2 Å². The molecule has 1 aromatic rings. The van der Waals surface area contributed by atoms with Crippen LogP contribution in [0.4, 0.5) is 10.5 Å². The molecular weight excluding hydrogens is 276 g/mol. The number of aliphatic hydroxyl groups is 2. The molecular formula is C10H13BrN2O3. The fourth-order valence-corrected chi connectivity index (χ4v) is 1.42. The summed E-state index contributed by atoms with van der Waals surface area (Å²) in [6.07, 6.45) is -0.937. The molecule has 1 rings (SSSR count). The van der Waals surface area contributed by atoms with Crippen LogP contribution < -0.4 is 10.6 Å². The summed E-state index contributed by atoms with van der Waals surface area (Å²) in [7, 11) is 0. The second kappa shape index (κ2) is 6.47. The van der Waals surface area contributed by atoms with Crippen LogP contribution >= 0.6 is 15.9 Å². The van der Waals surface area contributed by atoms with Crippen LogP contribution in [-0.4, -0.2) is 35.5 Å². The molecule has 2 amide bonds. The Kier molecular flexibility index (Phi) is 5.24. The zero-order valence-electron chi connectivity index (χ0n) is 8.48. The maximum atomic E-state index is 11.3. The molecule has 1 unspecified atom stereocenters. The number of benzene rings is 1. The Balaban J connectivity index is 2.40. The molecule has 0 heterocycles. The number of hydrogen-bond acceptors (Lipinski definition) is 3. The van der Waals surface area contributed by atoms with Gasteiger partial charge >= 0.3 is 6.03 Å². The van der Waals surface area contributed by atoms with Gasteiger partial charge in [-0.05, 0) is 18.2 Å². The van der Waals surface area contributed by atoms with Crippen molar-refractivity contribution < 1.29 is 15.0 Å². The van der Waals surface area contributed by atoms with E-state index in [0.29, 0.717) is 5.69 Å². The Labute approximate surface area is 102 Å². The lowest BCUT2D eigenvalue weighted by molar-refractivity contribution is 0.0965.